The largest absolute Gasteiger partial charge is 0.375 e. The Balaban J connectivity index is 1.91. The summed E-state index contributed by atoms with van der Waals surface area (Å²) in [6.45, 7) is 1.67. The fraction of sp³-hybridized carbons (Fsp3) is 0.222. The molecule has 0 aromatic heterocycles. The van der Waals surface area contributed by atoms with E-state index in [1.165, 1.54) is 25.3 Å². The van der Waals surface area contributed by atoms with Gasteiger partial charge < -0.3 is 20.7 Å². The van der Waals surface area contributed by atoms with Crippen molar-refractivity contribution >= 4 is 40.5 Å². The van der Waals surface area contributed by atoms with Crippen LogP contribution in [-0.2, 0) is 14.3 Å². The molecule has 0 spiro atoms. The first kappa shape index (κ1) is 19.7. The number of amides is 2. The summed E-state index contributed by atoms with van der Waals surface area (Å²) in [5.41, 5.74) is 1.73. The predicted octanol–water partition coefficient (Wildman–Crippen LogP) is 3.50. The Morgan fingerprint density at radius 1 is 1.08 bits per heavy atom. The Morgan fingerprint density at radius 2 is 1.69 bits per heavy atom. The van der Waals surface area contributed by atoms with E-state index in [4.69, 9.17) is 16.3 Å². The van der Waals surface area contributed by atoms with Crippen LogP contribution in [0.3, 0.4) is 0 Å². The Hall–Kier alpha value is -2.64. The lowest BCUT2D eigenvalue weighted by molar-refractivity contribution is -0.119. The highest BCUT2D eigenvalue weighted by molar-refractivity contribution is 6.31. The molecule has 3 N–H and O–H groups in total. The number of rotatable bonds is 7. The second kappa shape index (κ2) is 9.17. The minimum atomic E-state index is -0.548. The van der Waals surface area contributed by atoms with Crippen molar-refractivity contribution in [1.82, 2.24) is 0 Å². The topological polar surface area (TPSA) is 79.5 Å². The van der Waals surface area contributed by atoms with Crippen LogP contribution in [0.5, 0.6) is 0 Å². The van der Waals surface area contributed by atoms with Gasteiger partial charge in [-0.3, -0.25) is 9.59 Å². The molecular weight excluding hydrogens is 361 g/mol. The smallest absolute Gasteiger partial charge is 0.250 e. The number of methoxy groups -OCH3 is 1. The third-order valence-electron chi connectivity index (χ3n) is 3.41. The lowest BCUT2D eigenvalue weighted by atomic mass is 10.2. The first-order valence-electron chi connectivity index (χ1n) is 7.80. The van der Waals surface area contributed by atoms with Crippen molar-refractivity contribution in [2.24, 2.45) is 0 Å². The monoisotopic (exact) mass is 379 g/mol. The summed E-state index contributed by atoms with van der Waals surface area (Å²) < 4.78 is 17.9. The quantitative estimate of drug-likeness (QED) is 0.688. The van der Waals surface area contributed by atoms with Crippen LogP contribution in [0.1, 0.15) is 6.92 Å². The summed E-state index contributed by atoms with van der Waals surface area (Å²) in [7, 11) is 1.44. The maximum Gasteiger partial charge on any atom is 0.250 e. The number of nitrogens with one attached hydrogen (secondary N) is 3. The van der Waals surface area contributed by atoms with Crippen LogP contribution in [0, 0.1) is 5.82 Å². The first-order valence-corrected chi connectivity index (χ1v) is 8.18. The van der Waals surface area contributed by atoms with E-state index in [2.05, 4.69) is 16.0 Å². The van der Waals surface area contributed by atoms with Gasteiger partial charge in [-0.1, -0.05) is 11.6 Å². The molecule has 26 heavy (non-hydrogen) atoms. The van der Waals surface area contributed by atoms with Gasteiger partial charge in [0.05, 0.1) is 5.02 Å². The number of hydrogen-bond acceptors (Lipinski definition) is 4. The standard InChI is InChI=1S/C18H19ClFN3O3/c1-11(18(25)23-14-7-8-16(20)15(19)9-14)21-12-3-5-13(6-4-12)22-17(24)10-26-2/h3-9,11,21H,10H2,1-2H3,(H,22,24)(H,23,25). The van der Waals surface area contributed by atoms with Gasteiger partial charge in [0.1, 0.15) is 18.5 Å². The highest BCUT2D eigenvalue weighted by Gasteiger charge is 2.13. The molecule has 2 amide bonds. The van der Waals surface area contributed by atoms with Crippen molar-refractivity contribution in [3.05, 3.63) is 53.3 Å². The third kappa shape index (κ3) is 5.72. The second-order valence-corrected chi connectivity index (χ2v) is 5.95. The highest BCUT2D eigenvalue weighted by Crippen LogP contribution is 2.20. The van der Waals surface area contributed by atoms with Gasteiger partial charge >= 0.3 is 0 Å². The van der Waals surface area contributed by atoms with Gasteiger partial charge in [-0.05, 0) is 49.4 Å². The summed E-state index contributed by atoms with van der Waals surface area (Å²) in [5.74, 6) is -1.10. The van der Waals surface area contributed by atoms with Crippen molar-refractivity contribution in [3.63, 3.8) is 0 Å². The summed E-state index contributed by atoms with van der Waals surface area (Å²) in [6.07, 6.45) is 0. The zero-order chi connectivity index (χ0) is 19.1. The molecule has 0 saturated carbocycles. The van der Waals surface area contributed by atoms with E-state index in [0.717, 1.165) is 0 Å². The average molecular weight is 380 g/mol. The first-order chi connectivity index (χ1) is 12.4. The van der Waals surface area contributed by atoms with Crippen LogP contribution in [0.4, 0.5) is 21.5 Å². The van der Waals surface area contributed by atoms with Gasteiger partial charge in [-0.2, -0.15) is 0 Å². The number of ether oxygens (including phenoxy) is 1. The molecule has 1 atom stereocenters. The minimum Gasteiger partial charge on any atom is -0.375 e. The van der Waals surface area contributed by atoms with Crippen LogP contribution in [-0.4, -0.2) is 31.6 Å². The van der Waals surface area contributed by atoms with Crippen molar-refractivity contribution in [2.45, 2.75) is 13.0 Å². The van der Waals surface area contributed by atoms with E-state index in [0.29, 0.717) is 17.1 Å². The predicted molar refractivity (Wildman–Crippen MR) is 100 cm³/mol. The number of carbonyl (C=O) groups is 2. The summed E-state index contributed by atoms with van der Waals surface area (Å²) in [5, 5.41) is 8.31. The molecule has 0 aliphatic rings. The zero-order valence-electron chi connectivity index (χ0n) is 14.3. The van der Waals surface area contributed by atoms with E-state index in [1.54, 1.807) is 31.2 Å². The molecule has 2 rings (SSSR count). The van der Waals surface area contributed by atoms with E-state index < -0.39 is 11.9 Å². The van der Waals surface area contributed by atoms with Crippen molar-refractivity contribution < 1.29 is 18.7 Å². The van der Waals surface area contributed by atoms with Crippen LogP contribution >= 0.6 is 11.6 Å². The van der Waals surface area contributed by atoms with E-state index in [1.807, 2.05) is 0 Å². The van der Waals surface area contributed by atoms with Crippen molar-refractivity contribution in [3.8, 4) is 0 Å². The Kier molecular flexibility index (Phi) is 6.94. The van der Waals surface area contributed by atoms with E-state index in [-0.39, 0.29) is 23.4 Å². The molecule has 0 saturated heterocycles. The molecule has 0 bridgehead atoms. The number of halogens is 2. The average Bonchev–Trinajstić information content (AvgIpc) is 2.60. The molecule has 0 radical (unpaired) electrons. The van der Waals surface area contributed by atoms with Gasteiger partial charge in [-0.15, -0.1) is 0 Å². The van der Waals surface area contributed by atoms with Gasteiger partial charge in [0.15, 0.2) is 0 Å². The fourth-order valence-electron chi connectivity index (χ4n) is 2.12. The zero-order valence-corrected chi connectivity index (χ0v) is 15.1. The molecular formula is C18H19ClFN3O3. The SMILES string of the molecule is COCC(=O)Nc1ccc(NC(C)C(=O)Nc2ccc(F)c(Cl)c2)cc1. The van der Waals surface area contributed by atoms with Crippen molar-refractivity contribution in [1.29, 1.82) is 0 Å². The Labute approximate surface area is 155 Å². The van der Waals surface area contributed by atoms with Crippen LogP contribution in [0.25, 0.3) is 0 Å². The molecule has 0 aliphatic carbocycles. The molecule has 8 heteroatoms. The Bertz CT molecular complexity index is 784. The van der Waals surface area contributed by atoms with Crippen molar-refractivity contribution in [2.75, 3.05) is 29.7 Å². The molecule has 138 valence electrons. The lowest BCUT2D eigenvalue weighted by Gasteiger charge is -2.16. The van der Waals surface area contributed by atoms with Gasteiger partial charge in [0.2, 0.25) is 11.8 Å². The molecule has 1 unspecified atom stereocenters. The molecule has 0 heterocycles. The maximum atomic E-state index is 13.1. The summed E-state index contributed by atoms with van der Waals surface area (Å²) >= 11 is 5.70. The van der Waals surface area contributed by atoms with Gasteiger partial charge in [0.25, 0.3) is 0 Å². The fourth-order valence-corrected chi connectivity index (χ4v) is 2.30. The van der Waals surface area contributed by atoms with E-state index >= 15 is 0 Å². The minimum absolute atomic E-state index is 0.0232. The Morgan fingerprint density at radius 3 is 2.31 bits per heavy atom. The number of benzene rings is 2. The highest BCUT2D eigenvalue weighted by atomic mass is 35.5. The summed E-state index contributed by atoms with van der Waals surface area (Å²) in [6, 6.07) is 10.3. The molecule has 0 aliphatic heterocycles. The molecule has 0 fully saturated rings. The lowest BCUT2D eigenvalue weighted by Crippen LogP contribution is -2.31. The third-order valence-corrected chi connectivity index (χ3v) is 3.70. The van der Waals surface area contributed by atoms with Gasteiger partial charge in [-0.25, -0.2) is 4.39 Å². The molecule has 6 nitrogen and oxygen atoms in total. The van der Waals surface area contributed by atoms with Crippen LogP contribution in [0.2, 0.25) is 5.02 Å². The summed E-state index contributed by atoms with van der Waals surface area (Å²) in [4.78, 5) is 23.7. The van der Waals surface area contributed by atoms with Gasteiger partial charge in [0, 0.05) is 24.2 Å². The van der Waals surface area contributed by atoms with Crippen LogP contribution < -0.4 is 16.0 Å². The number of carbonyl (C=O) groups excluding carboxylic acids is 2. The number of hydrogen-bond donors (Lipinski definition) is 3. The molecule has 2 aromatic carbocycles. The number of anilines is 3. The second-order valence-electron chi connectivity index (χ2n) is 5.54. The normalized spacial score (nSPS) is 11.5. The van der Waals surface area contributed by atoms with Crippen LogP contribution in [0.15, 0.2) is 42.5 Å². The maximum absolute atomic E-state index is 13.1. The van der Waals surface area contributed by atoms with E-state index in [9.17, 15) is 14.0 Å². The molecule has 2 aromatic rings.